The van der Waals surface area contributed by atoms with Gasteiger partial charge in [-0.15, -0.1) is 0 Å². The van der Waals surface area contributed by atoms with Crippen molar-refractivity contribution in [2.45, 2.75) is 12.1 Å². The molecule has 2 rings (SSSR count). The highest BCUT2D eigenvalue weighted by atomic mass is 127. The monoisotopic (exact) mass is 508 g/mol. The molecule has 0 radical (unpaired) electrons. The molecule has 0 aromatic heterocycles. The minimum Gasteiger partial charge on any atom is -0.484 e. The molecule has 11 heteroatoms. The standard InChI is InChI=1S/C16H17IN2O7S/c17-6-11-15(18-12(20)7-24-10-4-2-1-3-5-10)16(23)19(11)26-13(21)8-25-14(22)9-27/h1-5,11,15,27H,6-9H2,(H,18,20). The van der Waals surface area contributed by atoms with Crippen LogP contribution in [0.1, 0.15) is 0 Å². The van der Waals surface area contributed by atoms with Gasteiger partial charge in [0.2, 0.25) is 0 Å². The third kappa shape index (κ3) is 5.99. The molecule has 9 nitrogen and oxygen atoms in total. The number of thiol groups is 1. The minimum atomic E-state index is -0.898. The largest absolute Gasteiger partial charge is 0.484 e. The number of halogens is 1. The van der Waals surface area contributed by atoms with Crippen molar-refractivity contribution in [3.05, 3.63) is 30.3 Å². The van der Waals surface area contributed by atoms with E-state index in [4.69, 9.17) is 9.57 Å². The van der Waals surface area contributed by atoms with E-state index in [0.717, 1.165) is 5.06 Å². The lowest BCUT2D eigenvalue weighted by atomic mass is 10.0. The number of nitrogens with zero attached hydrogens (tertiary/aromatic N) is 1. The van der Waals surface area contributed by atoms with Crippen LogP contribution in [-0.2, 0) is 28.8 Å². The van der Waals surface area contributed by atoms with Crippen molar-refractivity contribution in [1.82, 2.24) is 10.4 Å². The number of esters is 1. The Balaban J connectivity index is 1.79. The second-order valence-corrected chi connectivity index (χ2v) is 6.51. The summed E-state index contributed by atoms with van der Waals surface area (Å²) in [5, 5.41) is 3.42. The molecule has 0 spiro atoms. The molecule has 1 fully saturated rings. The first-order valence-corrected chi connectivity index (χ1v) is 9.95. The molecule has 1 saturated heterocycles. The number of carbonyl (C=O) groups excluding carboxylic acids is 4. The van der Waals surface area contributed by atoms with Crippen LogP contribution in [0.5, 0.6) is 5.75 Å². The van der Waals surface area contributed by atoms with Gasteiger partial charge in [0.25, 0.3) is 11.8 Å². The number of ether oxygens (including phenoxy) is 2. The van der Waals surface area contributed by atoms with Crippen molar-refractivity contribution in [3.8, 4) is 5.75 Å². The van der Waals surface area contributed by atoms with Crippen LogP contribution in [0.3, 0.4) is 0 Å². The van der Waals surface area contributed by atoms with Crippen molar-refractivity contribution >= 4 is 59.0 Å². The first kappa shape index (κ1) is 21.3. The summed E-state index contributed by atoms with van der Waals surface area (Å²) < 4.78 is 10.3. The Hall–Kier alpha value is -2.02. The number of para-hydroxylation sites is 1. The molecular formula is C16H17IN2O7S. The van der Waals surface area contributed by atoms with Crippen LogP contribution in [-0.4, -0.2) is 64.3 Å². The molecule has 27 heavy (non-hydrogen) atoms. The number of carbonyl (C=O) groups is 4. The molecule has 2 atom stereocenters. The fourth-order valence-electron chi connectivity index (χ4n) is 2.14. The van der Waals surface area contributed by atoms with Gasteiger partial charge in [0.05, 0.1) is 5.75 Å². The van der Waals surface area contributed by atoms with Crippen molar-refractivity contribution in [2.24, 2.45) is 0 Å². The van der Waals surface area contributed by atoms with E-state index in [1.165, 1.54) is 0 Å². The number of hydrogen-bond acceptors (Lipinski definition) is 8. The number of nitrogens with one attached hydrogen (secondary N) is 1. The van der Waals surface area contributed by atoms with Gasteiger partial charge < -0.3 is 19.6 Å². The normalized spacial score (nSPS) is 18.3. The van der Waals surface area contributed by atoms with Gasteiger partial charge in [-0.05, 0) is 12.1 Å². The molecule has 146 valence electrons. The molecule has 0 aliphatic carbocycles. The van der Waals surface area contributed by atoms with Crippen LogP contribution in [0.15, 0.2) is 30.3 Å². The first-order chi connectivity index (χ1) is 13.0. The maximum atomic E-state index is 12.1. The number of rotatable bonds is 9. The fourth-order valence-corrected chi connectivity index (χ4v) is 3.10. The molecule has 1 aromatic carbocycles. The van der Waals surface area contributed by atoms with Crippen LogP contribution in [0.2, 0.25) is 0 Å². The predicted octanol–water partition coefficient (Wildman–Crippen LogP) is 0.127. The number of β-lactam (4-membered cyclic amide) rings is 1. The van der Waals surface area contributed by atoms with Gasteiger partial charge in [0.1, 0.15) is 17.8 Å². The van der Waals surface area contributed by atoms with Gasteiger partial charge in [-0.1, -0.05) is 40.8 Å². The lowest BCUT2D eigenvalue weighted by Gasteiger charge is -2.43. The van der Waals surface area contributed by atoms with Crippen molar-refractivity contribution in [2.75, 3.05) is 23.4 Å². The summed E-state index contributed by atoms with van der Waals surface area (Å²) in [6.07, 6.45) is 0. The van der Waals surface area contributed by atoms with Crippen LogP contribution in [0, 0.1) is 0 Å². The van der Waals surface area contributed by atoms with E-state index < -0.39 is 42.4 Å². The molecule has 1 N–H and O–H groups in total. The lowest BCUT2D eigenvalue weighted by Crippen LogP contribution is -2.71. The predicted molar refractivity (Wildman–Crippen MR) is 104 cm³/mol. The average Bonchev–Trinajstić information content (AvgIpc) is 2.69. The lowest BCUT2D eigenvalue weighted by molar-refractivity contribution is -0.231. The Kier molecular flexibility index (Phi) is 8.16. The summed E-state index contributed by atoms with van der Waals surface area (Å²) in [7, 11) is 0. The van der Waals surface area contributed by atoms with Crippen molar-refractivity contribution in [1.29, 1.82) is 0 Å². The Labute approximate surface area is 174 Å². The van der Waals surface area contributed by atoms with E-state index in [1.54, 1.807) is 24.3 Å². The Morgan fingerprint density at radius 2 is 1.85 bits per heavy atom. The topological polar surface area (TPSA) is 111 Å². The second-order valence-electron chi connectivity index (χ2n) is 5.31. The molecule has 1 heterocycles. The maximum Gasteiger partial charge on any atom is 0.369 e. The molecule has 0 saturated carbocycles. The first-order valence-electron chi connectivity index (χ1n) is 7.79. The number of amides is 2. The highest BCUT2D eigenvalue weighted by molar-refractivity contribution is 14.1. The molecule has 1 aliphatic heterocycles. The molecule has 1 aromatic rings. The summed E-state index contributed by atoms with van der Waals surface area (Å²) in [4.78, 5) is 51.6. The molecule has 1 aliphatic rings. The molecule has 0 bridgehead atoms. The Morgan fingerprint density at radius 1 is 1.15 bits per heavy atom. The van der Waals surface area contributed by atoms with E-state index >= 15 is 0 Å². The molecule has 2 unspecified atom stereocenters. The van der Waals surface area contributed by atoms with E-state index in [0.29, 0.717) is 10.2 Å². The summed E-state index contributed by atoms with van der Waals surface area (Å²) in [6.45, 7) is -0.875. The quantitative estimate of drug-likeness (QED) is 0.160. The van der Waals surface area contributed by atoms with Crippen LogP contribution < -0.4 is 10.1 Å². The zero-order chi connectivity index (χ0) is 19.8. The highest BCUT2D eigenvalue weighted by Gasteiger charge is 2.50. The van der Waals surface area contributed by atoms with Gasteiger partial charge in [-0.2, -0.15) is 17.7 Å². The zero-order valence-corrected chi connectivity index (χ0v) is 17.1. The fraction of sp³-hybridized carbons (Fsp3) is 0.375. The molecular weight excluding hydrogens is 491 g/mol. The smallest absolute Gasteiger partial charge is 0.369 e. The third-order valence-corrected chi connectivity index (χ3v) is 4.60. The molecule has 2 amide bonds. The summed E-state index contributed by atoms with van der Waals surface area (Å²) in [6, 6.07) is 7.43. The number of hydroxylamine groups is 2. The van der Waals surface area contributed by atoms with Crippen LogP contribution >= 0.6 is 35.2 Å². The zero-order valence-electron chi connectivity index (χ0n) is 14.0. The van der Waals surface area contributed by atoms with E-state index in [1.807, 2.05) is 28.7 Å². The third-order valence-electron chi connectivity index (χ3n) is 3.44. The van der Waals surface area contributed by atoms with Gasteiger partial charge in [-0.3, -0.25) is 14.4 Å². The summed E-state index contributed by atoms with van der Waals surface area (Å²) in [5.41, 5.74) is 0. The van der Waals surface area contributed by atoms with E-state index in [-0.39, 0.29) is 12.4 Å². The van der Waals surface area contributed by atoms with Gasteiger partial charge in [0, 0.05) is 4.43 Å². The average molecular weight is 508 g/mol. The number of hydrogen-bond donors (Lipinski definition) is 2. The van der Waals surface area contributed by atoms with Crippen LogP contribution in [0.25, 0.3) is 0 Å². The SMILES string of the molecule is O=C(COc1ccccc1)NC1C(=O)N(OC(=O)COC(=O)CS)C1CI. The number of benzene rings is 1. The minimum absolute atomic E-state index is 0.175. The number of alkyl halides is 1. The van der Waals surface area contributed by atoms with Gasteiger partial charge in [0.15, 0.2) is 13.2 Å². The van der Waals surface area contributed by atoms with Gasteiger partial charge in [-0.25, -0.2) is 4.79 Å². The Bertz CT molecular complexity index is 703. The summed E-state index contributed by atoms with van der Waals surface area (Å²) >= 11 is 5.71. The highest BCUT2D eigenvalue weighted by Crippen LogP contribution is 2.23. The second kappa shape index (κ2) is 10.3. The maximum absolute atomic E-state index is 12.1. The van der Waals surface area contributed by atoms with E-state index in [2.05, 4.69) is 22.7 Å². The van der Waals surface area contributed by atoms with Crippen molar-refractivity contribution < 1.29 is 33.5 Å². The van der Waals surface area contributed by atoms with E-state index in [9.17, 15) is 19.2 Å². The summed E-state index contributed by atoms with van der Waals surface area (Å²) in [5.74, 6) is -2.26. The van der Waals surface area contributed by atoms with Crippen molar-refractivity contribution in [3.63, 3.8) is 0 Å². The Morgan fingerprint density at radius 3 is 2.48 bits per heavy atom. The van der Waals surface area contributed by atoms with Crippen LogP contribution in [0.4, 0.5) is 0 Å². The van der Waals surface area contributed by atoms with Gasteiger partial charge >= 0.3 is 11.9 Å².